The van der Waals surface area contributed by atoms with Crippen molar-refractivity contribution in [2.24, 2.45) is 0 Å². The molecule has 1 heterocycles. The lowest BCUT2D eigenvalue weighted by Crippen LogP contribution is -2.11. The number of hydrogen-bond donors (Lipinski definition) is 1. The number of rotatable bonds is 6. The number of non-ortho nitro benzene ring substituents is 1. The Kier molecular flexibility index (Phi) is 4.65. The standard InChI is InChI=1S/C14H15N3O4/c1-2-21-13(18)7-9-15-11-6-8-16-14-10(11)4-3-5-12(14)17(19)20/h3-6,8H,2,7,9H2,1H3,(H,15,16). The van der Waals surface area contributed by atoms with Crippen molar-refractivity contribution in [3.05, 3.63) is 40.6 Å². The van der Waals surface area contributed by atoms with Crippen molar-refractivity contribution in [1.29, 1.82) is 0 Å². The predicted octanol–water partition coefficient (Wildman–Crippen LogP) is 2.51. The number of benzene rings is 1. The van der Waals surface area contributed by atoms with Gasteiger partial charge in [0.2, 0.25) is 0 Å². The molecule has 0 radical (unpaired) electrons. The van der Waals surface area contributed by atoms with Crippen LogP contribution in [-0.2, 0) is 9.53 Å². The molecule has 1 N–H and O–H groups in total. The number of nitrogens with zero attached hydrogens (tertiary/aromatic N) is 2. The molecule has 0 bridgehead atoms. The van der Waals surface area contributed by atoms with Crippen LogP contribution in [0.2, 0.25) is 0 Å². The molecule has 1 aromatic carbocycles. The first-order valence-electron chi connectivity index (χ1n) is 6.55. The molecule has 0 fully saturated rings. The van der Waals surface area contributed by atoms with E-state index in [0.29, 0.717) is 29.7 Å². The number of nitrogens with one attached hydrogen (secondary N) is 1. The summed E-state index contributed by atoms with van der Waals surface area (Å²) in [6.45, 7) is 2.49. The van der Waals surface area contributed by atoms with Crippen LogP contribution < -0.4 is 5.32 Å². The number of carbonyl (C=O) groups is 1. The third kappa shape index (κ3) is 3.44. The highest BCUT2D eigenvalue weighted by Crippen LogP contribution is 2.28. The number of nitro benzene ring substituents is 1. The summed E-state index contributed by atoms with van der Waals surface area (Å²) in [6, 6.07) is 6.50. The van der Waals surface area contributed by atoms with E-state index in [1.54, 1.807) is 25.1 Å². The average Bonchev–Trinajstić information content (AvgIpc) is 2.47. The molecule has 0 atom stereocenters. The summed E-state index contributed by atoms with van der Waals surface area (Å²) in [7, 11) is 0. The summed E-state index contributed by atoms with van der Waals surface area (Å²) in [5, 5.41) is 14.7. The lowest BCUT2D eigenvalue weighted by Gasteiger charge is -2.09. The minimum atomic E-state index is -0.461. The Balaban J connectivity index is 2.19. The maximum absolute atomic E-state index is 11.3. The third-order valence-corrected chi connectivity index (χ3v) is 2.90. The first-order chi connectivity index (χ1) is 10.1. The highest BCUT2D eigenvalue weighted by atomic mass is 16.6. The summed E-state index contributed by atoms with van der Waals surface area (Å²) in [5.74, 6) is -0.283. The SMILES string of the molecule is CCOC(=O)CCNc1ccnc2c([N+](=O)[O-])cccc12. The van der Waals surface area contributed by atoms with Gasteiger partial charge < -0.3 is 10.1 Å². The van der Waals surface area contributed by atoms with Crippen LogP contribution in [0, 0.1) is 10.1 Å². The fourth-order valence-electron chi connectivity index (χ4n) is 1.99. The zero-order chi connectivity index (χ0) is 15.2. The van der Waals surface area contributed by atoms with E-state index in [9.17, 15) is 14.9 Å². The van der Waals surface area contributed by atoms with E-state index >= 15 is 0 Å². The van der Waals surface area contributed by atoms with E-state index in [1.807, 2.05) is 0 Å². The molecule has 0 aliphatic rings. The number of pyridine rings is 1. The molecule has 21 heavy (non-hydrogen) atoms. The van der Waals surface area contributed by atoms with Gasteiger partial charge in [-0.05, 0) is 13.0 Å². The predicted molar refractivity (Wildman–Crippen MR) is 78.1 cm³/mol. The summed E-state index contributed by atoms with van der Waals surface area (Å²) >= 11 is 0. The Morgan fingerprint density at radius 1 is 1.43 bits per heavy atom. The maximum atomic E-state index is 11.3. The van der Waals surface area contributed by atoms with Gasteiger partial charge >= 0.3 is 5.97 Å². The minimum absolute atomic E-state index is 0.0402. The number of carbonyl (C=O) groups excluding carboxylic acids is 1. The number of aromatic nitrogens is 1. The van der Waals surface area contributed by atoms with Gasteiger partial charge in [0.25, 0.3) is 5.69 Å². The number of nitro groups is 1. The molecule has 0 saturated heterocycles. The molecule has 0 unspecified atom stereocenters. The fourth-order valence-corrected chi connectivity index (χ4v) is 1.99. The smallest absolute Gasteiger partial charge is 0.307 e. The third-order valence-electron chi connectivity index (χ3n) is 2.90. The molecule has 7 nitrogen and oxygen atoms in total. The summed E-state index contributed by atoms with van der Waals surface area (Å²) in [5.41, 5.74) is 0.984. The monoisotopic (exact) mass is 289 g/mol. The van der Waals surface area contributed by atoms with E-state index < -0.39 is 4.92 Å². The van der Waals surface area contributed by atoms with Gasteiger partial charge in [-0.25, -0.2) is 4.98 Å². The second-order valence-electron chi connectivity index (χ2n) is 4.27. The van der Waals surface area contributed by atoms with Crippen LogP contribution >= 0.6 is 0 Å². The number of anilines is 1. The molecule has 0 aliphatic heterocycles. The summed E-state index contributed by atoms with van der Waals surface area (Å²) in [4.78, 5) is 25.9. The van der Waals surface area contributed by atoms with Crippen LogP contribution in [0.3, 0.4) is 0 Å². The Hall–Kier alpha value is -2.70. The van der Waals surface area contributed by atoms with Crippen molar-refractivity contribution >= 4 is 28.2 Å². The highest BCUT2D eigenvalue weighted by molar-refractivity contribution is 5.96. The zero-order valence-electron chi connectivity index (χ0n) is 11.5. The van der Waals surface area contributed by atoms with Gasteiger partial charge in [0.05, 0.1) is 18.0 Å². The number of ether oxygens (including phenoxy) is 1. The van der Waals surface area contributed by atoms with Gasteiger partial charge in [-0.3, -0.25) is 14.9 Å². The second kappa shape index (κ2) is 6.65. The first-order valence-corrected chi connectivity index (χ1v) is 6.55. The van der Waals surface area contributed by atoms with Gasteiger partial charge in [-0.2, -0.15) is 0 Å². The molecule has 110 valence electrons. The Morgan fingerprint density at radius 2 is 2.24 bits per heavy atom. The van der Waals surface area contributed by atoms with Gasteiger partial charge in [0.1, 0.15) is 5.52 Å². The van der Waals surface area contributed by atoms with Crippen LogP contribution in [0.5, 0.6) is 0 Å². The molecule has 0 aliphatic carbocycles. The number of fused-ring (bicyclic) bond motifs is 1. The summed E-state index contributed by atoms with van der Waals surface area (Å²) in [6.07, 6.45) is 1.73. The van der Waals surface area contributed by atoms with Crippen LogP contribution in [-0.4, -0.2) is 29.0 Å². The van der Waals surface area contributed by atoms with E-state index in [2.05, 4.69) is 10.3 Å². The molecule has 2 aromatic rings. The lowest BCUT2D eigenvalue weighted by atomic mass is 10.1. The van der Waals surface area contributed by atoms with E-state index in [4.69, 9.17) is 4.74 Å². The molecular weight excluding hydrogens is 274 g/mol. The molecule has 0 saturated carbocycles. The minimum Gasteiger partial charge on any atom is -0.466 e. The van der Waals surface area contributed by atoms with Crippen molar-refractivity contribution in [3.8, 4) is 0 Å². The normalized spacial score (nSPS) is 10.3. The fraction of sp³-hybridized carbons (Fsp3) is 0.286. The van der Waals surface area contributed by atoms with Crippen molar-refractivity contribution in [2.75, 3.05) is 18.5 Å². The van der Waals surface area contributed by atoms with Crippen molar-refractivity contribution in [3.63, 3.8) is 0 Å². The number of hydrogen-bond acceptors (Lipinski definition) is 6. The topological polar surface area (TPSA) is 94.4 Å². The van der Waals surface area contributed by atoms with Gasteiger partial charge in [-0.15, -0.1) is 0 Å². The van der Waals surface area contributed by atoms with Crippen LogP contribution in [0.15, 0.2) is 30.5 Å². The molecule has 1 aromatic heterocycles. The van der Waals surface area contributed by atoms with Crippen LogP contribution in [0.4, 0.5) is 11.4 Å². The highest BCUT2D eigenvalue weighted by Gasteiger charge is 2.14. The second-order valence-corrected chi connectivity index (χ2v) is 4.27. The quantitative estimate of drug-likeness (QED) is 0.499. The Labute approximate surface area is 121 Å². The zero-order valence-corrected chi connectivity index (χ0v) is 11.5. The molecule has 0 amide bonds. The van der Waals surface area contributed by atoms with Gasteiger partial charge in [0, 0.05) is 29.9 Å². The Morgan fingerprint density at radius 3 is 2.95 bits per heavy atom. The largest absolute Gasteiger partial charge is 0.466 e. The van der Waals surface area contributed by atoms with E-state index in [1.165, 1.54) is 12.3 Å². The van der Waals surface area contributed by atoms with Crippen molar-refractivity contribution in [1.82, 2.24) is 4.98 Å². The van der Waals surface area contributed by atoms with Crippen molar-refractivity contribution in [2.45, 2.75) is 13.3 Å². The number of para-hydroxylation sites is 1. The lowest BCUT2D eigenvalue weighted by molar-refractivity contribution is -0.383. The van der Waals surface area contributed by atoms with Gasteiger partial charge in [0.15, 0.2) is 0 Å². The number of esters is 1. The average molecular weight is 289 g/mol. The Bertz CT molecular complexity index is 672. The van der Waals surface area contributed by atoms with Crippen LogP contribution in [0.25, 0.3) is 10.9 Å². The van der Waals surface area contributed by atoms with E-state index in [-0.39, 0.29) is 18.1 Å². The maximum Gasteiger partial charge on any atom is 0.307 e. The first kappa shape index (κ1) is 14.7. The molecule has 7 heteroatoms. The molecule has 0 spiro atoms. The molecular formula is C14H15N3O4. The van der Waals surface area contributed by atoms with E-state index in [0.717, 1.165) is 0 Å². The van der Waals surface area contributed by atoms with Gasteiger partial charge in [-0.1, -0.05) is 12.1 Å². The molecule has 2 rings (SSSR count). The van der Waals surface area contributed by atoms with Crippen molar-refractivity contribution < 1.29 is 14.5 Å². The van der Waals surface area contributed by atoms with Crippen LogP contribution in [0.1, 0.15) is 13.3 Å². The summed E-state index contributed by atoms with van der Waals surface area (Å²) < 4.78 is 4.84.